The van der Waals surface area contributed by atoms with Crippen LogP contribution in [0.1, 0.15) is 12.5 Å². The molecule has 0 saturated heterocycles. The van der Waals surface area contributed by atoms with Crippen molar-refractivity contribution in [2.75, 3.05) is 26.9 Å². The van der Waals surface area contributed by atoms with Crippen LogP contribution in [0.15, 0.2) is 40.9 Å². The monoisotopic (exact) mass is 413 g/mol. The van der Waals surface area contributed by atoms with Crippen LogP contribution in [0.5, 0.6) is 17.2 Å². The van der Waals surface area contributed by atoms with Gasteiger partial charge in [-0.05, 0) is 71.9 Å². The molecule has 0 fully saturated rings. The Morgan fingerprint density at radius 3 is 2.42 bits per heavy atom. The zero-order valence-electron chi connectivity index (χ0n) is 13.8. The van der Waals surface area contributed by atoms with E-state index in [9.17, 15) is 0 Å². The van der Waals surface area contributed by atoms with Crippen LogP contribution in [-0.4, -0.2) is 26.9 Å². The number of benzene rings is 2. The van der Waals surface area contributed by atoms with Gasteiger partial charge in [0.1, 0.15) is 19.0 Å². The van der Waals surface area contributed by atoms with E-state index in [0.29, 0.717) is 30.6 Å². The van der Waals surface area contributed by atoms with Crippen molar-refractivity contribution in [2.24, 2.45) is 0 Å². The van der Waals surface area contributed by atoms with Crippen LogP contribution in [0.25, 0.3) is 0 Å². The van der Waals surface area contributed by atoms with Crippen LogP contribution in [0.4, 0.5) is 0 Å². The van der Waals surface area contributed by atoms with Crippen LogP contribution in [0.3, 0.4) is 0 Å². The molecule has 0 unspecified atom stereocenters. The lowest BCUT2D eigenvalue weighted by molar-refractivity contribution is 0.207. The molecule has 0 aromatic heterocycles. The van der Waals surface area contributed by atoms with Crippen molar-refractivity contribution in [3.63, 3.8) is 0 Å². The van der Waals surface area contributed by atoms with Gasteiger partial charge in [0.05, 0.1) is 11.1 Å². The van der Waals surface area contributed by atoms with Crippen molar-refractivity contribution in [3.8, 4) is 17.2 Å². The largest absolute Gasteiger partial charge is 0.490 e. The summed E-state index contributed by atoms with van der Waals surface area (Å²) in [5, 5.41) is 3.81. The van der Waals surface area contributed by atoms with Crippen LogP contribution in [-0.2, 0) is 6.54 Å². The number of rotatable bonds is 9. The number of ether oxygens (including phenoxy) is 3. The molecule has 0 spiro atoms. The Morgan fingerprint density at radius 1 is 1.04 bits per heavy atom. The van der Waals surface area contributed by atoms with E-state index in [0.717, 1.165) is 28.1 Å². The Balaban J connectivity index is 1.96. The predicted molar refractivity (Wildman–Crippen MR) is 101 cm³/mol. The molecular formula is C18H21BrClNO3. The Hall–Kier alpha value is -1.43. The minimum atomic E-state index is 0.409. The summed E-state index contributed by atoms with van der Waals surface area (Å²) in [4.78, 5) is 0. The smallest absolute Gasteiger partial charge is 0.175 e. The Bertz CT molecular complexity index is 649. The lowest BCUT2D eigenvalue weighted by Crippen LogP contribution is -2.11. The number of halogens is 2. The maximum absolute atomic E-state index is 5.86. The third-order valence-corrected chi connectivity index (χ3v) is 4.00. The van der Waals surface area contributed by atoms with Gasteiger partial charge in [-0.2, -0.15) is 0 Å². The highest BCUT2D eigenvalue weighted by molar-refractivity contribution is 9.10. The van der Waals surface area contributed by atoms with Gasteiger partial charge in [-0.25, -0.2) is 0 Å². The second-order valence-electron chi connectivity index (χ2n) is 5.02. The van der Waals surface area contributed by atoms with Crippen molar-refractivity contribution in [1.82, 2.24) is 5.32 Å². The zero-order valence-corrected chi connectivity index (χ0v) is 16.1. The summed E-state index contributed by atoms with van der Waals surface area (Å²) in [6.45, 7) is 4.13. The molecule has 4 nitrogen and oxygen atoms in total. The molecule has 2 rings (SSSR count). The summed E-state index contributed by atoms with van der Waals surface area (Å²) in [5.41, 5.74) is 1.12. The summed E-state index contributed by atoms with van der Waals surface area (Å²) in [6, 6.07) is 11.3. The van der Waals surface area contributed by atoms with Crippen LogP contribution in [0, 0.1) is 0 Å². The highest BCUT2D eigenvalue weighted by Crippen LogP contribution is 2.37. The molecular weight excluding hydrogens is 394 g/mol. The highest BCUT2D eigenvalue weighted by atomic mass is 79.9. The molecule has 24 heavy (non-hydrogen) atoms. The minimum absolute atomic E-state index is 0.409. The SMILES string of the molecule is CCOc1cc(CNC)cc(Br)c1OCCOc1ccc(Cl)cc1. The van der Waals surface area contributed by atoms with Crippen molar-refractivity contribution in [1.29, 1.82) is 0 Å². The summed E-state index contributed by atoms with van der Waals surface area (Å²) >= 11 is 9.40. The summed E-state index contributed by atoms with van der Waals surface area (Å²) in [5.74, 6) is 2.18. The average Bonchev–Trinajstić information content (AvgIpc) is 2.55. The normalized spacial score (nSPS) is 10.5. The van der Waals surface area contributed by atoms with Gasteiger partial charge in [0, 0.05) is 11.6 Å². The lowest BCUT2D eigenvalue weighted by Gasteiger charge is -2.15. The van der Waals surface area contributed by atoms with Crippen LogP contribution >= 0.6 is 27.5 Å². The fourth-order valence-electron chi connectivity index (χ4n) is 2.16. The van der Waals surface area contributed by atoms with Crippen molar-refractivity contribution in [3.05, 3.63) is 51.5 Å². The average molecular weight is 415 g/mol. The van der Waals surface area contributed by atoms with Crippen LogP contribution in [0.2, 0.25) is 5.02 Å². The maximum atomic E-state index is 5.86. The zero-order chi connectivity index (χ0) is 17.4. The predicted octanol–water partition coefficient (Wildman–Crippen LogP) is 4.68. The molecule has 6 heteroatoms. The number of hydrogen-bond acceptors (Lipinski definition) is 4. The Morgan fingerprint density at radius 2 is 1.75 bits per heavy atom. The molecule has 0 saturated carbocycles. The molecule has 0 aliphatic heterocycles. The van der Waals surface area contributed by atoms with Gasteiger partial charge in [0.25, 0.3) is 0 Å². The van der Waals surface area contributed by atoms with Gasteiger partial charge >= 0.3 is 0 Å². The van der Waals surface area contributed by atoms with Gasteiger partial charge in [-0.15, -0.1) is 0 Å². The standard InChI is InChI=1S/C18H21BrClNO3/c1-3-22-17-11-13(12-21-2)10-16(19)18(17)24-9-8-23-15-6-4-14(20)5-7-15/h4-7,10-11,21H,3,8-9,12H2,1-2H3. The minimum Gasteiger partial charge on any atom is -0.490 e. The molecule has 0 bridgehead atoms. The quantitative estimate of drug-likeness (QED) is 0.605. The highest BCUT2D eigenvalue weighted by Gasteiger charge is 2.12. The molecule has 2 aromatic carbocycles. The van der Waals surface area contributed by atoms with Gasteiger partial charge in [0.15, 0.2) is 11.5 Å². The van der Waals surface area contributed by atoms with E-state index in [1.165, 1.54) is 0 Å². The van der Waals surface area contributed by atoms with Gasteiger partial charge < -0.3 is 19.5 Å². The first-order valence-corrected chi connectivity index (χ1v) is 8.92. The van der Waals surface area contributed by atoms with E-state index in [4.69, 9.17) is 25.8 Å². The van der Waals surface area contributed by atoms with Crippen LogP contribution < -0.4 is 19.5 Å². The fraction of sp³-hybridized carbons (Fsp3) is 0.333. The molecule has 0 amide bonds. The molecule has 0 aliphatic carbocycles. The molecule has 0 atom stereocenters. The first-order chi connectivity index (χ1) is 11.6. The number of nitrogens with one attached hydrogen (secondary N) is 1. The van der Waals surface area contributed by atoms with Gasteiger partial charge in [-0.3, -0.25) is 0 Å². The van der Waals surface area contributed by atoms with Crippen molar-refractivity contribution in [2.45, 2.75) is 13.5 Å². The summed E-state index contributed by atoms with van der Waals surface area (Å²) < 4.78 is 18.1. The Labute approximate surface area is 156 Å². The molecule has 2 aromatic rings. The molecule has 0 radical (unpaired) electrons. The molecule has 0 heterocycles. The first kappa shape index (κ1) is 18.9. The van der Waals surface area contributed by atoms with Crippen molar-refractivity contribution < 1.29 is 14.2 Å². The molecule has 130 valence electrons. The van der Waals surface area contributed by atoms with E-state index < -0.39 is 0 Å². The van der Waals surface area contributed by atoms with E-state index >= 15 is 0 Å². The third-order valence-electron chi connectivity index (χ3n) is 3.16. The molecule has 1 N–H and O–H groups in total. The van der Waals surface area contributed by atoms with Gasteiger partial charge in [0.2, 0.25) is 0 Å². The van der Waals surface area contributed by atoms with E-state index in [2.05, 4.69) is 21.2 Å². The third kappa shape index (κ3) is 5.58. The lowest BCUT2D eigenvalue weighted by atomic mass is 10.2. The summed E-state index contributed by atoms with van der Waals surface area (Å²) in [7, 11) is 1.91. The second kappa shape index (κ2) is 9.77. The van der Waals surface area contributed by atoms with Crippen molar-refractivity contribution >= 4 is 27.5 Å². The van der Waals surface area contributed by atoms with E-state index in [1.54, 1.807) is 12.1 Å². The van der Waals surface area contributed by atoms with E-state index in [1.807, 2.05) is 38.2 Å². The van der Waals surface area contributed by atoms with Gasteiger partial charge in [-0.1, -0.05) is 11.6 Å². The topological polar surface area (TPSA) is 39.7 Å². The molecule has 0 aliphatic rings. The maximum Gasteiger partial charge on any atom is 0.175 e. The van der Waals surface area contributed by atoms with E-state index in [-0.39, 0.29) is 0 Å². The second-order valence-corrected chi connectivity index (χ2v) is 6.31. The summed E-state index contributed by atoms with van der Waals surface area (Å²) in [6.07, 6.45) is 0. The first-order valence-electron chi connectivity index (χ1n) is 7.75. The number of hydrogen-bond donors (Lipinski definition) is 1. The Kier molecular flexibility index (Phi) is 7.69. The fourth-order valence-corrected chi connectivity index (χ4v) is 2.89.